The van der Waals surface area contributed by atoms with E-state index in [4.69, 9.17) is 0 Å². The molecule has 0 atom stereocenters. The van der Waals surface area contributed by atoms with Gasteiger partial charge in [-0.25, -0.2) is 4.79 Å². The topological polar surface area (TPSA) is 63.6 Å². The van der Waals surface area contributed by atoms with Gasteiger partial charge in [0.25, 0.3) is 0 Å². The van der Waals surface area contributed by atoms with Gasteiger partial charge in [-0.1, -0.05) is 11.8 Å². The van der Waals surface area contributed by atoms with Crippen molar-refractivity contribution in [2.45, 2.75) is 11.8 Å². The Morgan fingerprint density at radius 1 is 1.33 bits per heavy atom. The maximum absolute atomic E-state index is 11.2. The molecule has 0 saturated heterocycles. The molecule has 0 spiro atoms. The lowest BCUT2D eigenvalue weighted by Gasteiger charge is -2.03. The van der Waals surface area contributed by atoms with E-state index >= 15 is 0 Å². The summed E-state index contributed by atoms with van der Waals surface area (Å²) in [4.78, 5) is 22.5. The van der Waals surface area contributed by atoms with E-state index in [0.29, 0.717) is 4.90 Å². The first kappa shape index (κ1) is 11.6. The number of hydrogen-bond acceptors (Lipinski definition) is 5. The predicted octanol–water partition coefficient (Wildman–Crippen LogP) is 1.82. The molecular formula is C10H10O4S. The molecule has 0 bridgehead atoms. The summed E-state index contributed by atoms with van der Waals surface area (Å²) in [7, 11) is 1.25. The predicted molar refractivity (Wildman–Crippen MR) is 56.0 cm³/mol. The smallest absolute Gasteiger partial charge is 0.338 e. The first-order valence-corrected chi connectivity index (χ1v) is 4.95. The summed E-state index contributed by atoms with van der Waals surface area (Å²) in [5.74, 6) is -0.613. The van der Waals surface area contributed by atoms with Gasteiger partial charge in [0.05, 0.1) is 12.7 Å². The number of benzene rings is 1. The number of methoxy groups -OCH3 is 1. The first-order valence-electron chi connectivity index (χ1n) is 4.13. The van der Waals surface area contributed by atoms with Gasteiger partial charge in [0, 0.05) is 11.8 Å². The lowest BCUT2D eigenvalue weighted by Crippen LogP contribution is -2.01. The zero-order valence-electron chi connectivity index (χ0n) is 8.31. The zero-order valence-corrected chi connectivity index (χ0v) is 9.13. The second-order valence-corrected chi connectivity index (χ2v) is 4.05. The van der Waals surface area contributed by atoms with Crippen LogP contribution in [0.4, 0.5) is 0 Å². The molecule has 0 radical (unpaired) electrons. The van der Waals surface area contributed by atoms with Gasteiger partial charge in [0.2, 0.25) is 0 Å². The molecule has 0 aliphatic heterocycles. The van der Waals surface area contributed by atoms with Crippen LogP contribution >= 0.6 is 11.8 Å². The van der Waals surface area contributed by atoms with E-state index in [2.05, 4.69) is 4.74 Å². The summed E-state index contributed by atoms with van der Waals surface area (Å²) in [6, 6.07) is 4.20. The van der Waals surface area contributed by atoms with E-state index in [1.54, 1.807) is 0 Å². The van der Waals surface area contributed by atoms with Crippen molar-refractivity contribution >= 4 is 22.8 Å². The second-order valence-electron chi connectivity index (χ2n) is 2.80. The van der Waals surface area contributed by atoms with E-state index in [-0.39, 0.29) is 16.4 Å². The van der Waals surface area contributed by atoms with Crippen LogP contribution in [-0.2, 0) is 9.53 Å². The Kier molecular flexibility index (Phi) is 3.74. The molecule has 0 unspecified atom stereocenters. The molecule has 1 aromatic rings. The number of ether oxygens (including phenoxy) is 1. The molecule has 4 nitrogen and oxygen atoms in total. The maximum Gasteiger partial charge on any atom is 0.338 e. The van der Waals surface area contributed by atoms with Crippen LogP contribution in [0.3, 0.4) is 0 Å². The third kappa shape index (κ3) is 3.28. The molecule has 0 aromatic heterocycles. The van der Waals surface area contributed by atoms with Crippen molar-refractivity contribution in [3.8, 4) is 5.75 Å². The Bertz CT molecular complexity index is 400. The Morgan fingerprint density at radius 2 is 2.00 bits per heavy atom. The number of rotatable bonds is 2. The van der Waals surface area contributed by atoms with Gasteiger partial charge >= 0.3 is 5.97 Å². The van der Waals surface area contributed by atoms with Gasteiger partial charge in [-0.3, -0.25) is 4.79 Å². The highest BCUT2D eigenvalue weighted by molar-refractivity contribution is 8.13. The van der Waals surface area contributed by atoms with Crippen LogP contribution < -0.4 is 0 Å². The molecule has 0 aliphatic carbocycles. The molecule has 0 saturated carbocycles. The van der Waals surface area contributed by atoms with Gasteiger partial charge in [-0.2, -0.15) is 0 Å². The molecule has 0 aliphatic rings. The Hall–Kier alpha value is -1.49. The molecular weight excluding hydrogens is 216 g/mol. The summed E-state index contributed by atoms with van der Waals surface area (Å²) in [5, 5.41) is 9.20. The first-order chi connectivity index (χ1) is 7.02. The molecule has 0 heterocycles. The molecule has 1 aromatic carbocycles. The van der Waals surface area contributed by atoms with Crippen LogP contribution in [-0.4, -0.2) is 23.3 Å². The van der Waals surface area contributed by atoms with Crippen molar-refractivity contribution in [2.75, 3.05) is 7.11 Å². The fourth-order valence-corrected chi connectivity index (χ4v) is 1.74. The quantitative estimate of drug-likeness (QED) is 0.615. The standard InChI is InChI=1S/C10H10O4S/c1-6(11)15-9-4-7(10(13)14-2)3-8(12)5-9/h3-5,12H,1-2H3. The number of hydrogen-bond donors (Lipinski definition) is 1. The summed E-state index contributed by atoms with van der Waals surface area (Å²) >= 11 is 0.948. The minimum absolute atomic E-state index is 0.0679. The van der Waals surface area contributed by atoms with Crippen LogP contribution in [0.25, 0.3) is 0 Å². The van der Waals surface area contributed by atoms with Crippen LogP contribution in [0.2, 0.25) is 0 Å². The van der Waals surface area contributed by atoms with Crippen molar-refractivity contribution in [1.82, 2.24) is 0 Å². The normalized spacial score (nSPS) is 9.73. The minimum Gasteiger partial charge on any atom is -0.508 e. The van der Waals surface area contributed by atoms with E-state index in [1.807, 2.05) is 0 Å². The van der Waals surface area contributed by atoms with Crippen LogP contribution in [0.1, 0.15) is 17.3 Å². The van der Waals surface area contributed by atoms with Gasteiger partial charge in [-0.05, 0) is 18.2 Å². The number of carbonyl (C=O) groups is 2. The van der Waals surface area contributed by atoms with E-state index in [0.717, 1.165) is 11.8 Å². The summed E-state index contributed by atoms with van der Waals surface area (Å²) in [5.41, 5.74) is 0.223. The van der Waals surface area contributed by atoms with Crippen LogP contribution in [0.5, 0.6) is 5.75 Å². The molecule has 1 rings (SSSR count). The lowest BCUT2D eigenvalue weighted by molar-refractivity contribution is -0.109. The highest BCUT2D eigenvalue weighted by Crippen LogP contribution is 2.25. The Labute approximate surface area is 91.2 Å². The monoisotopic (exact) mass is 226 g/mol. The second kappa shape index (κ2) is 4.84. The SMILES string of the molecule is COC(=O)c1cc(O)cc(SC(C)=O)c1. The fourth-order valence-electron chi connectivity index (χ4n) is 1.04. The average molecular weight is 226 g/mol. The van der Waals surface area contributed by atoms with Crippen LogP contribution in [0.15, 0.2) is 23.1 Å². The van der Waals surface area contributed by atoms with Gasteiger partial charge in [0.1, 0.15) is 5.75 Å². The molecule has 1 N–H and O–H groups in total. The van der Waals surface area contributed by atoms with Crippen molar-refractivity contribution in [3.63, 3.8) is 0 Å². The van der Waals surface area contributed by atoms with Crippen LogP contribution in [0, 0.1) is 0 Å². The van der Waals surface area contributed by atoms with Gasteiger partial charge in [-0.15, -0.1) is 0 Å². The van der Waals surface area contributed by atoms with Gasteiger partial charge in [0.15, 0.2) is 5.12 Å². The number of carbonyl (C=O) groups excluding carboxylic acids is 2. The van der Waals surface area contributed by atoms with Crippen molar-refractivity contribution in [1.29, 1.82) is 0 Å². The molecule has 0 amide bonds. The third-order valence-corrected chi connectivity index (χ3v) is 2.33. The Balaban J connectivity index is 3.04. The number of phenols is 1. The van der Waals surface area contributed by atoms with Crippen molar-refractivity contribution in [2.24, 2.45) is 0 Å². The number of esters is 1. The number of phenolic OH excluding ortho intramolecular Hbond substituents is 1. The lowest BCUT2D eigenvalue weighted by atomic mass is 10.2. The zero-order chi connectivity index (χ0) is 11.4. The fraction of sp³-hybridized carbons (Fsp3) is 0.200. The van der Waals surface area contributed by atoms with Gasteiger partial charge < -0.3 is 9.84 Å². The molecule has 5 heteroatoms. The van der Waals surface area contributed by atoms with E-state index < -0.39 is 5.97 Å². The molecule has 15 heavy (non-hydrogen) atoms. The third-order valence-electron chi connectivity index (χ3n) is 1.57. The van der Waals surface area contributed by atoms with E-state index in [9.17, 15) is 14.7 Å². The van der Waals surface area contributed by atoms with E-state index in [1.165, 1.54) is 32.2 Å². The number of thioether (sulfide) groups is 1. The summed E-state index contributed by atoms with van der Waals surface area (Å²) in [6.07, 6.45) is 0. The highest BCUT2D eigenvalue weighted by Gasteiger charge is 2.09. The summed E-state index contributed by atoms with van der Waals surface area (Å²) in [6.45, 7) is 1.41. The van der Waals surface area contributed by atoms with Crippen molar-refractivity contribution in [3.05, 3.63) is 23.8 Å². The van der Waals surface area contributed by atoms with Crippen molar-refractivity contribution < 1.29 is 19.4 Å². The summed E-state index contributed by atoms with van der Waals surface area (Å²) < 4.78 is 4.51. The average Bonchev–Trinajstić information content (AvgIpc) is 2.14. The minimum atomic E-state index is -0.545. The molecule has 80 valence electrons. The Morgan fingerprint density at radius 3 is 2.53 bits per heavy atom. The maximum atomic E-state index is 11.2. The molecule has 0 fully saturated rings. The largest absolute Gasteiger partial charge is 0.508 e. The highest BCUT2D eigenvalue weighted by atomic mass is 32.2. The number of aromatic hydroxyl groups is 1.